The zero-order chi connectivity index (χ0) is 13.7. The van der Waals surface area contributed by atoms with E-state index in [9.17, 15) is 4.79 Å². The molecule has 1 rings (SSSR count). The van der Waals surface area contributed by atoms with E-state index < -0.39 is 11.3 Å². The van der Waals surface area contributed by atoms with Gasteiger partial charge in [-0.05, 0) is 6.07 Å². The van der Waals surface area contributed by atoms with E-state index in [1.54, 1.807) is 12.1 Å². The lowest BCUT2D eigenvalue weighted by Gasteiger charge is -2.16. The average molecular weight is 275 g/mol. The molecule has 0 saturated carbocycles. The third-order valence-corrected chi connectivity index (χ3v) is 2.83. The number of carbonyl (C=O) groups is 1. The van der Waals surface area contributed by atoms with E-state index in [0.29, 0.717) is 22.8 Å². The molecule has 1 unspecified atom stereocenters. The minimum atomic E-state index is -0.968. The Morgan fingerprint density at radius 1 is 1.00 bits per heavy atom. The molecule has 0 fully saturated rings. The molecule has 0 aliphatic rings. The van der Waals surface area contributed by atoms with Crippen molar-refractivity contribution in [2.75, 3.05) is 28.4 Å². The highest BCUT2D eigenvalue weighted by Crippen LogP contribution is 2.39. The molecule has 1 aromatic rings. The van der Waals surface area contributed by atoms with E-state index in [-0.39, 0.29) is 0 Å². The van der Waals surface area contributed by atoms with Crippen molar-refractivity contribution >= 4 is 17.6 Å². The van der Waals surface area contributed by atoms with Gasteiger partial charge in [-0.15, -0.1) is 11.6 Å². The standard InChI is InChI=1S/C12H15ClO5/c1-15-8-6-10(17-3)9(16-2)5-7(8)11(13)12(14)18-4/h5-6,11H,1-4H3. The van der Waals surface area contributed by atoms with E-state index in [1.807, 2.05) is 0 Å². The zero-order valence-electron chi connectivity index (χ0n) is 10.7. The van der Waals surface area contributed by atoms with Crippen molar-refractivity contribution in [3.63, 3.8) is 0 Å². The van der Waals surface area contributed by atoms with Crippen molar-refractivity contribution in [1.82, 2.24) is 0 Å². The fourth-order valence-corrected chi connectivity index (χ4v) is 1.74. The Balaban J connectivity index is 3.29. The van der Waals surface area contributed by atoms with Crippen molar-refractivity contribution in [2.45, 2.75) is 5.38 Å². The van der Waals surface area contributed by atoms with Gasteiger partial charge in [-0.2, -0.15) is 0 Å². The van der Waals surface area contributed by atoms with Crippen LogP contribution in [0.2, 0.25) is 0 Å². The van der Waals surface area contributed by atoms with Gasteiger partial charge < -0.3 is 18.9 Å². The summed E-state index contributed by atoms with van der Waals surface area (Å²) in [6.07, 6.45) is 0. The summed E-state index contributed by atoms with van der Waals surface area (Å²) in [6.45, 7) is 0. The summed E-state index contributed by atoms with van der Waals surface area (Å²) < 4.78 is 20.1. The molecule has 0 N–H and O–H groups in total. The highest BCUT2D eigenvalue weighted by molar-refractivity contribution is 6.30. The Morgan fingerprint density at radius 3 is 1.94 bits per heavy atom. The third kappa shape index (κ3) is 2.79. The van der Waals surface area contributed by atoms with Gasteiger partial charge in [0.05, 0.1) is 28.4 Å². The maximum Gasteiger partial charge on any atom is 0.328 e. The van der Waals surface area contributed by atoms with Gasteiger partial charge >= 0.3 is 5.97 Å². The first-order valence-electron chi connectivity index (χ1n) is 5.10. The molecule has 18 heavy (non-hydrogen) atoms. The van der Waals surface area contributed by atoms with Crippen LogP contribution in [0.25, 0.3) is 0 Å². The summed E-state index contributed by atoms with van der Waals surface area (Å²) >= 11 is 6.01. The van der Waals surface area contributed by atoms with E-state index >= 15 is 0 Å². The van der Waals surface area contributed by atoms with Gasteiger partial charge in [0.15, 0.2) is 16.9 Å². The fourth-order valence-electron chi connectivity index (χ4n) is 1.48. The molecule has 5 nitrogen and oxygen atoms in total. The molecule has 6 heteroatoms. The number of esters is 1. The Kier molecular flexibility index (Phi) is 5.09. The average Bonchev–Trinajstić information content (AvgIpc) is 2.43. The number of hydrogen-bond acceptors (Lipinski definition) is 5. The van der Waals surface area contributed by atoms with Crippen LogP contribution >= 0.6 is 11.6 Å². The lowest BCUT2D eigenvalue weighted by atomic mass is 10.1. The molecular weight excluding hydrogens is 260 g/mol. The smallest absolute Gasteiger partial charge is 0.328 e. The fraction of sp³-hybridized carbons (Fsp3) is 0.417. The SMILES string of the molecule is COC(=O)C(Cl)c1cc(OC)c(OC)cc1OC. The summed E-state index contributed by atoms with van der Waals surface area (Å²) in [7, 11) is 5.75. The van der Waals surface area contributed by atoms with Crippen molar-refractivity contribution in [3.8, 4) is 17.2 Å². The van der Waals surface area contributed by atoms with Crippen LogP contribution in [0.15, 0.2) is 12.1 Å². The van der Waals surface area contributed by atoms with Crippen LogP contribution in [0.5, 0.6) is 17.2 Å². The molecule has 1 aromatic carbocycles. The Bertz CT molecular complexity index is 433. The number of halogens is 1. The number of carbonyl (C=O) groups excluding carboxylic acids is 1. The van der Waals surface area contributed by atoms with Gasteiger partial charge in [0, 0.05) is 11.6 Å². The van der Waals surface area contributed by atoms with Crippen molar-refractivity contribution in [1.29, 1.82) is 0 Å². The number of ether oxygens (including phenoxy) is 4. The molecule has 0 aliphatic heterocycles. The molecule has 0 amide bonds. The first-order valence-corrected chi connectivity index (χ1v) is 5.54. The zero-order valence-corrected chi connectivity index (χ0v) is 11.4. The van der Waals surface area contributed by atoms with Crippen LogP contribution in [-0.4, -0.2) is 34.4 Å². The lowest BCUT2D eigenvalue weighted by Crippen LogP contribution is -2.10. The monoisotopic (exact) mass is 274 g/mol. The van der Waals surface area contributed by atoms with Crippen LogP contribution in [0, 0.1) is 0 Å². The van der Waals surface area contributed by atoms with Gasteiger partial charge in [0.2, 0.25) is 0 Å². The summed E-state index contributed by atoms with van der Waals surface area (Å²) in [5, 5.41) is -0.968. The first kappa shape index (κ1) is 14.4. The second-order valence-corrected chi connectivity index (χ2v) is 3.77. The van der Waals surface area contributed by atoms with Crippen molar-refractivity contribution < 1.29 is 23.7 Å². The van der Waals surface area contributed by atoms with Crippen molar-refractivity contribution in [2.24, 2.45) is 0 Å². The normalized spacial score (nSPS) is 11.6. The van der Waals surface area contributed by atoms with Crippen LogP contribution in [0.1, 0.15) is 10.9 Å². The third-order valence-electron chi connectivity index (χ3n) is 2.42. The van der Waals surface area contributed by atoms with Gasteiger partial charge in [-0.3, -0.25) is 4.79 Å². The predicted octanol–water partition coefficient (Wildman–Crippen LogP) is 2.17. The highest BCUT2D eigenvalue weighted by Gasteiger charge is 2.24. The number of hydrogen-bond donors (Lipinski definition) is 0. The molecular formula is C12H15ClO5. The number of methoxy groups -OCH3 is 4. The van der Waals surface area contributed by atoms with Crippen LogP contribution in [0.4, 0.5) is 0 Å². The predicted molar refractivity (Wildman–Crippen MR) is 66.7 cm³/mol. The minimum absolute atomic E-state index is 0.429. The summed E-state index contributed by atoms with van der Waals surface area (Å²) in [5.74, 6) is 0.815. The van der Waals surface area contributed by atoms with Crippen LogP contribution in [-0.2, 0) is 9.53 Å². The molecule has 100 valence electrons. The molecule has 0 spiro atoms. The molecule has 0 radical (unpaired) electrons. The van der Waals surface area contributed by atoms with Gasteiger partial charge in [0.25, 0.3) is 0 Å². The number of alkyl halides is 1. The molecule has 0 saturated heterocycles. The second-order valence-electron chi connectivity index (χ2n) is 3.33. The van der Waals surface area contributed by atoms with Crippen molar-refractivity contribution in [3.05, 3.63) is 17.7 Å². The summed E-state index contributed by atoms with van der Waals surface area (Å²) in [5.41, 5.74) is 0.462. The Hall–Kier alpha value is -1.62. The number of benzene rings is 1. The van der Waals surface area contributed by atoms with Gasteiger partial charge in [-0.1, -0.05) is 0 Å². The van der Waals surface area contributed by atoms with E-state index in [0.717, 1.165) is 0 Å². The molecule has 0 aromatic heterocycles. The van der Waals surface area contributed by atoms with Gasteiger partial charge in [0.1, 0.15) is 5.75 Å². The summed E-state index contributed by atoms with van der Waals surface area (Å²) in [4.78, 5) is 11.5. The Morgan fingerprint density at radius 2 is 1.50 bits per heavy atom. The minimum Gasteiger partial charge on any atom is -0.496 e. The molecule has 1 atom stereocenters. The number of rotatable bonds is 5. The van der Waals surface area contributed by atoms with Crippen LogP contribution in [0.3, 0.4) is 0 Å². The topological polar surface area (TPSA) is 54.0 Å². The Labute approximate surface area is 111 Å². The van der Waals surface area contributed by atoms with E-state index in [2.05, 4.69) is 4.74 Å². The van der Waals surface area contributed by atoms with Gasteiger partial charge in [-0.25, -0.2) is 0 Å². The molecule has 0 aliphatic carbocycles. The largest absolute Gasteiger partial charge is 0.496 e. The highest BCUT2D eigenvalue weighted by atomic mass is 35.5. The van der Waals surface area contributed by atoms with Crippen LogP contribution < -0.4 is 14.2 Å². The molecule has 0 heterocycles. The summed E-state index contributed by atoms with van der Waals surface area (Å²) in [6, 6.07) is 3.19. The maximum atomic E-state index is 11.5. The molecule has 0 bridgehead atoms. The van der Waals surface area contributed by atoms with E-state index in [1.165, 1.54) is 28.4 Å². The second kappa shape index (κ2) is 6.35. The van der Waals surface area contributed by atoms with E-state index in [4.69, 9.17) is 25.8 Å². The lowest BCUT2D eigenvalue weighted by molar-refractivity contribution is -0.140. The maximum absolute atomic E-state index is 11.5. The first-order chi connectivity index (χ1) is 8.58. The quantitative estimate of drug-likeness (QED) is 0.608.